The van der Waals surface area contributed by atoms with Gasteiger partial charge >= 0.3 is 0 Å². The van der Waals surface area contributed by atoms with Gasteiger partial charge in [0.1, 0.15) is 0 Å². The fraction of sp³-hybridized carbons (Fsp3) is 0.500. The van der Waals surface area contributed by atoms with Crippen LogP contribution in [0.4, 0.5) is 5.69 Å². The molecule has 0 saturated heterocycles. The number of amides is 1. The lowest BCUT2D eigenvalue weighted by Gasteiger charge is -2.07. The van der Waals surface area contributed by atoms with Crippen LogP contribution in [0.5, 0.6) is 0 Å². The van der Waals surface area contributed by atoms with Crippen molar-refractivity contribution in [3.05, 3.63) is 29.3 Å². The number of aliphatic hydroxyl groups is 1. The van der Waals surface area contributed by atoms with Gasteiger partial charge in [0.15, 0.2) is 0 Å². The summed E-state index contributed by atoms with van der Waals surface area (Å²) in [5.41, 5.74) is 3.11. The smallest absolute Gasteiger partial charge is 0.251 e. The first-order valence-electron chi connectivity index (χ1n) is 6.65. The number of hydrogen-bond donors (Lipinski definition) is 3. The summed E-state index contributed by atoms with van der Waals surface area (Å²) in [7, 11) is 0. The molecule has 5 heteroatoms. The fourth-order valence-electron chi connectivity index (χ4n) is 2.05. The van der Waals surface area contributed by atoms with Crippen LogP contribution in [0.15, 0.2) is 18.2 Å². The second-order valence-corrected chi connectivity index (χ2v) is 5.72. The Morgan fingerprint density at radius 1 is 1.42 bits per heavy atom. The number of carbonyl (C=O) groups is 1. The third-order valence-electron chi connectivity index (χ3n) is 3.06. The van der Waals surface area contributed by atoms with E-state index in [0.717, 1.165) is 42.1 Å². The van der Waals surface area contributed by atoms with Gasteiger partial charge < -0.3 is 15.7 Å². The van der Waals surface area contributed by atoms with Gasteiger partial charge in [0, 0.05) is 36.7 Å². The Balaban J connectivity index is 1.74. The van der Waals surface area contributed by atoms with E-state index in [1.807, 2.05) is 18.2 Å². The van der Waals surface area contributed by atoms with Gasteiger partial charge in [-0.25, -0.2) is 0 Å². The molecule has 1 aromatic carbocycles. The summed E-state index contributed by atoms with van der Waals surface area (Å²) in [5.74, 6) is 1.83. The second-order valence-electron chi connectivity index (χ2n) is 4.49. The molecule has 0 atom stereocenters. The van der Waals surface area contributed by atoms with E-state index in [1.165, 1.54) is 5.56 Å². The number of benzene rings is 1. The lowest BCUT2D eigenvalue weighted by Crippen LogP contribution is -2.25. The van der Waals surface area contributed by atoms with E-state index in [0.29, 0.717) is 6.54 Å². The molecule has 19 heavy (non-hydrogen) atoms. The lowest BCUT2D eigenvalue weighted by molar-refractivity contribution is 0.0956. The van der Waals surface area contributed by atoms with Gasteiger partial charge in [-0.2, -0.15) is 11.8 Å². The summed E-state index contributed by atoms with van der Waals surface area (Å²) in [6, 6.07) is 5.82. The largest absolute Gasteiger partial charge is 0.396 e. The highest BCUT2D eigenvalue weighted by Crippen LogP contribution is 2.22. The number of thioether (sulfide) groups is 1. The molecular weight excluding hydrogens is 260 g/mol. The molecule has 0 fully saturated rings. The molecule has 1 amide bonds. The van der Waals surface area contributed by atoms with Crippen LogP contribution in [-0.2, 0) is 6.42 Å². The maximum Gasteiger partial charge on any atom is 0.251 e. The molecule has 2 rings (SSSR count). The number of aliphatic hydroxyl groups excluding tert-OH is 1. The van der Waals surface area contributed by atoms with E-state index < -0.39 is 0 Å². The predicted molar refractivity (Wildman–Crippen MR) is 80.0 cm³/mol. The molecule has 3 N–H and O–H groups in total. The Labute approximate surface area is 118 Å². The van der Waals surface area contributed by atoms with Crippen LogP contribution in [0.2, 0.25) is 0 Å². The molecule has 0 aliphatic carbocycles. The fourth-order valence-corrected chi connectivity index (χ4v) is 2.84. The SMILES string of the molecule is O=C(NCCSCCCO)c1ccc2c(c1)CCN2. The van der Waals surface area contributed by atoms with Crippen LogP contribution in [-0.4, -0.2) is 42.2 Å². The second kappa shape index (κ2) is 7.40. The predicted octanol–water partition coefficient (Wildman–Crippen LogP) is 1.50. The van der Waals surface area contributed by atoms with Crippen molar-refractivity contribution >= 4 is 23.4 Å². The van der Waals surface area contributed by atoms with E-state index in [9.17, 15) is 4.79 Å². The number of hydrogen-bond acceptors (Lipinski definition) is 4. The minimum Gasteiger partial charge on any atom is -0.396 e. The van der Waals surface area contributed by atoms with Gasteiger partial charge in [-0.3, -0.25) is 4.79 Å². The van der Waals surface area contributed by atoms with Crippen LogP contribution in [0.1, 0.15) is 22.3 Å². The van der Waals surface area contributed by atoms with E-state index in [-0.39, 0.29) is 12.5 Å². The summed E-state index contributed by atoms with van der Waals surface area (Å²) in [5, 5.41) is 14.9. The molecule has 0 spiro atoms. The van der Waals surface area contributed by atoms with Crippen molar-refractivity contribution < 1.29 is 9.90 Å². The molecule has 0 saturated carbocycles. The minimum atomic E-state index is -0.00235. The summed E-state index contributed by atoms with van der Waals surface area (Å²) in [6.07, 6.45) is 1.81. The summed E-state index contributed by atoms with van der Waals surface area (Å²) >= 11 is 1.75. The number of carbonyl (C=O) groups excluding carboxylic acids is 1. The van der Waals surface area contributed by atoms with Gasteiger partial charge in [0.2, 0.25) is 0 Å². The monoisotopic (exact) mass is 280 g/mol. The lowest BCUT2D eigenvalue weighted by atomic mass is 10.1. The maximum absolute atomic E-state index is 12.0. The van der Waals surface area contributed by atoms with Crippen LogP contribution in [0.3, 0.4) is 0 Å². The van der Waals surface area contributed by atoms with Crippen molar-refractivity contribution in [1.29, 1.82) is 0 Å². The zero-order chi connectivity index (χ0) is 13.5. The highest BCUT2D eigenvalue weighted by atomic mass is 32.2. The Morgan fingerprint density at radius 3 is 3.16 bits per heavy atom. The van der Waals surface area contributed by atoms with Crippen molar-refractivity contribution in [2.75, 3.05) is 36.5 Å². The molecule has 1 aromatic rings. The molecule has 0 bridgehead atoms. The van der Waals surface area contributed by atoms with E-state index in [2.05, 4.69) is 10.6 Å². The van der Waals surface area contributed by atoms with Gasteiger partial charge in [0.25, 0.3) is 5.91 Å². The molecule has 4 nitrogen and oxygen atoms in total. The Morgan fingerprint density at radius 2 is 2.32 bits per heavy atom. The highest BCUT2D eigenvalue weighted by Gasteiger charge is 2.12. The van der Waals surface area contributed by atoms with Gasteiger partial charge in [-0.05, 0) is 42.4 Å². The van der Waals surface area contributed by atoms with Crippen LogP contribution < -0.4 is 10.6 Å². The van der Waals surface area contributed by atoms with Crippen molar-refractivity contribution in [2.24, 2.45) is 0 Å². The number of anilines is 1. The van der Waals surface area contributed by atoms with Gasteiger partial charge in [-0.15, -0.1) is 0 Å². The minimum absolute atomic E-state index is 0.00235. The molecule has 0 radical (unpaired) electrons. The zero-order valence-electron chi connectivity index (χ0n) is 10.9. The third kappa shape index (κ3) is 4.14. The van der Waals surface area contributed by atoms with Crippen molar-refractivity contribution in [1.82, 2.24) is 5.32 Å². The summed E-state index contributed by atoms with van der Waals surface area (Å²) in [6.45, 7) is 1.87. The average molecular weight is 280 g/mol. The molecule has 104 valence electrons. The number of rotatable bonds is 7. The Bertz CT molecular complexity index is 437. The van der Waals surface area contributed by atoms with Crippen molar-refractivity contribution in [3.63, 3.8) is 0 Å². The molecular formula is C14H20N2O2S. The number of fused-ring (bicyclic) bond motifs is 1. The van der Waals surface area contributed by atoms with E-state index in [1.54, 1.807) is 11.8 Å². The van der Waals surface area contributed by atoms with Crippen LogP contribution in [0, 0.1) is 0 Å². The number of nitrogens with one attached hydrogen (secondary N) is 2. The molecule has 1 heterocycles. The summed E-state index contributed by atoms with van der Waals surface area (Å²) in [4.78, 5) is 12.0. The van der Waals surface area contributed by atoms with Crippen molar-refractivity contribution in [3.8, 4) is 0 Å². The van der Waals surface area contributed by atoms with Crippen LogP contribution in [0.25, 0.3) is 0 Å². The first kappa shape index (κ1) is 14.2. The highest BCUT2D eigenvalue weighted by molar-refractivity contribution is 7.99. The quantitative estimate of drug-likeness (QED) is 0.662. The average Bonchev–Trinajstić information content (AvgIpc) is 2.89. The van der Waals surface area contributed by atoms with Crippen molar-refractivity contribution in [2.45, 2.75) is 12.8 Å². The van der Waals surface area contributed by atoms with E-state index >= 15 is 0 Å². The van der Waals surface area contributed by atoms with Gasteiger partial charge in [-0.1, -0.05) is 0 Å². The van der Waals surface area contributed by atoms with Crippen LogP contribution >= 0.6 is 11.8 Å². The Hall–Kier alpha value is -1.20. The van der Waals surface area contributed by atoms with Gasteiger partial charge in [0.05, 0.1) is 0 Å². The molecule has 1 aliphatic rings. The zero-order valence-corrected chi connectivity index (χ0v) is 11.8. The summed E-state index contributed by atoms with van der Waals surface area (Å²) < 4.78 is 0. The first-order valence-corrected chi connectivity index (χ1v) is 7.80. The molecule has 0 aromatic heterocycles. The normalized spacial score (nSPS) is 12.9. The maximum atomic E-state index is 12.0. The molecule has 0 unspecified atom stereocenters. The topological polar surface area (TPSA) is 61.4 Å². The molecule has 1 aliphatic heterocycles. The third-order valence-corrected chi connectivity index (χ3v) is 4.13. The first-order chi connectivity index (χ1) is 9.31. The Kier molecular flexibility index (Phi) is 5.54. The van der Waals surface area contributed by atoms with E-state index in [4.69, 9.17) is 5.11 Å². The standard InChI is InChI=1S/C14H20N2O2S/c17-7-1-8-19-9-6-16-14(18)12-2-3-13-11(10-12)4-5-15-13/h2-3,10,15,17H,1,4-9H2,(H,16,18).